The van der Waals surface area contributed by atoms with Crippen molar-refractivity contribution >= 4 is 9.16 Å². The van der Waals surface area contributed by atoms with Crippen LogP contribution in [-0.4, -0.2) is 24.5 Å². The van der Waals surface area contributed by atoms with Crippen molar-refractivity contribution in [2.24, 2.45) is 0 Å². The summed E-state index contributed by atoms with van der Waals surface area (Å²) >= 11 is 0. The molecule has 0 fully saturated rings. The van der Waals surface area contributed by atoms with Gasteiger partial charge < -0.3 is 0 Å². The fourth-order valence-electron chi connectivity index (χ4n) is 2.49. The Labute approximate surface area is 120 Å². The van der Waals surface area contributed by atoms with Crippen LogP contribution < -0.4 is 0 Å². The van der Waals surface area contributed by atoms with Crippen molar-refractivity contribution in [1.82, 2.24) is 0 Å². The largest absolute Gasteiger partial charge is 0.269 e. The van der Waals surface area contributed by atoms with Crippen LogP contribution in [-0.2, 0) is 0 Å². The Bertz CT molecular complexity index is 450. The van der Waals surface area contributed by atoms with Crippen LogP contribution in [0.5, 0.6) is 0 Å². The number of unbranched alkanes of at least 4 members (excludes halogenated alkanes) is 1. The summed E-state index contributed by atoms with van der Waals surface area (Å²) in [6.07, 6.45) is 18.1. The first kappa shape index (κ1) is 16.4. The summed E-state index contributed by atoms with van der Waals surface area (Å²) in [5, 5.41) is 0. The molecule has 1 heteroatoms. The summed E-state index contributed by atoms with van der Waals surface area (Å²) in [4.78, 5) is 1.62. The number of hydrogen-bond donors (Lipinski definition) is 1. The first-order valence-electron chi connectivity index (χ1n) is 7.48. The van der Waals surface area contributed by atoms with E-state index in [1.54, 1.807) is 4.91 Å². The van der Waals surface area contributed by atoms with Gasteiger partial charge in [-0.05, 0) is 60.3 Å². The molecule has 0 bridgehead atoms. The van der Waals surface area contributed by atoms with E-state index in [0.717, 1.165) is 6.42 Å². The van der Waals surface area contributed by atoms with Gasteiger partial charge in [0.2, 0.25) is 0 Å². The second kappa shape index (κ2) is 5.75. The van der Waals surface area contributed by atoms with E-state index in [1.807, 2.05) is 0 Å². The molecule has 0 spiro atoms. The molecule has 0 aliphatic heterocycles. The van der Waals surface area contributed by atoms with E-state index in [2.05, 4.69) is 64.3 Å². The molecule has 0 nitrogen and oxygen atoms in total. The van der Waals surface area contributed by atoms with Gasteiger partial charge in [-0.3, -0.25) is 9.16 Å². The third-order valence-electron chi connectivity index (χ3n) is 4.36. The van der Waals surface area contributed by atoms with Crippen LogP contribution in [0.1, 0.15) is 40.0 Å². The van der Waals surface area contributed by atoms with Crippen molar-refractivity contribution in [3.8, 4) is 0 Å². The summed E-state index contributed by atoms with van der Waals surface area (Å²) in [6.45, 7) is 10.9. The molecule has 19 heavy (non-hydrogen) atoms. The Kier molecular flexibility index (Phi) is 4.95. The number of hydrogen-bond acceptors (Lipinski definition) is 0. The first-order valence-corrected chi connectivity index (χ1v) is 11.2. The second-order valence-corrected chi connectivity index (χ2v) is 14.4. The summed E-state index contributed by atoms with van der Waals surface area (Å²) in [6, 6.07) is 0. The summed E-state index contributed by atoms with van der Waals surface area (Å²) in [5.74, 6) is 1.27. The summed E-state index contributed by atoms with van der Waals surface area (Å²) in [5.41, 5.74) is 4.16. The van der Waals surface area contributed by atoms with Gasteiger partial charge in [-0.15, -0.1) is 0 Å². The first-order chi connectivity index (χ1) is 8.71. The average Bonchev–Trinajstić information content (AvgIpc) is 2.74. The molecule has 0 amide bonds. The van der Waals surface area contributed by atoms with Gasteiger partial charge in [0.25, 0.3) is 0 Å². The van der Waals surface area contributed by atoms with E-state index >= 15 is 0 Å². The minimum absolute atomic E-state index is 1.07. The third-order valence-corrected chi connectivity index (χ3v) is 8.78. The van der Waals surface area contributed by atoms with Gasteiger partial charge in [0.15, 0.2) is 0 Å². The molecule has 0 unspecified atom stereocenters. The fraction of sp³-hybridized carbons (Fsp3) is 0.556. The van der Waals surface area contributed by atoms with Crippen LogP contribution in [0.3, 0.4) is 0 Å². The van der Waals surface area contributed by atoms with Crippen molar-refractivity contribution < 1.29 is 0 Å². The lowest BCUT2D eigenvalue weighted by Crippen LogP contribution is -2.18. The molecule has 1 rings (SSSR count). The summed E-state index contributed by atoms with van der Waals surface area (Å²) in [7, 11) is -1.72. The monoisotopic (exact) mass is 280 g/mol. The topological polar surface area (TPSA) is 0 Å². The Morgan fingerprint density at radius 3 is 2.42 bits per heavy atom. The maximum Gasteiger partial charge on any atom is -0.00755 e. The van der Waals surface area contributed by atoms with E-state index < -0.39 is 9.16 Å². The van der Waals surface area contributed by atoms with Gasteiger partial charge >= 0.3 is 0 Å². The lowest BCUT2D eigenvalue weighted by molar-refractivity contribution is 0.958. The number of thiol groups is 1. The molecule has 0 saturated carbocycles. The minimum atomic E-state index is -1.72. The van der Waals surface area contributed by atoms with Gasteiger partial charge in [-0.1, -0.05) is 50.6 Å². The van der Waals surface area contributed by atoms with Gasteiger partial charge in [0, 0.05) is 0 Å². The van der Waals surface area contributed by atoms with Crippen molar-refractivity contribution in [2.45, 2.75) is 40.0 Å². The van der Waals surface area contributed by atoms with Gasteiger partial charge in [0.05, 0.1) is 0 Å². The Balaban J connectivity index is 3.24. The van der Waals surface area contributed by atoms with E-state index in [-0.39, 0.29) is 0 Å². The Hall–Kier alpha value is -0.690. The van der Waals surface area contributed by atoms with Crippen LogP contribution in [0.15, 0.2) is 46.4 Å². The predicted molar refractivity (Wildman–Crippen MR) is 95.9 cm³/mol. The molecule has 1 aliphatic carbocycles. The molecular formula is C18H32S. The minimum Gasteiger partial charge on any atom is -0.269 e. The molecule has 0 N–H and O–H groups in total. The van der Waals surface area contributed by atoms with E-state index in [0.29, 0.717) is 0 Å². The molecule has 0 aromatic heterocycles. The van der Waals surface area contributed by atoms with Gasteiger partial charge in [0.1, 0.15) is 0 Å². The Morgan fingerprint density at radius 2 is 1.95 bits per heavy atom. The fourth-order valence-corrected chi connectivity index (χ4v) is 4.70. The lowest BCUT2D eigenvalue weighted by atomic mass is 10.0. The van der Waals surface area contributed by atoms with E-state index in [9.17, 15) is 0 Å². The van der Waals surface area contributed by atoms with Gasteiger partial charge in [-0.25, -0.2) is 0 Å². The van der Waals surface area contributed by atoms with Crippen molar-refractivity contribution in [3.05, 3.63) is 46.4 Å². The molecule has 0 atom stereocenters. The maximum atomic E-state index is 4.17. The van der Waals surface area contributed by atoms with E-state index in [4.69, 9.17) is 0 Å². The standard InChI is InChI=1S/C18H32S/c1-8-10-11-12-17-16(15(3)4)13-14-18(17)19(5,6,7)9-2/h11-12,14,19H,3,8-10,13H2,1-2,4-7H3/b12-11-. The van der Waals surface area contributed by atoms with Crippen LogP contribution in [0.25, 0.3) is 0 Å². The highest BCUT2D eigenvalue weighted by molar-refractivity contribution is 8.51. The predicted octanol–water partition coefficient (Wildman–Crippen LogP) is 5.48. The molecule has 0 aromatic rings. The maximum absolute atomic E-state index is 4.17. The molecule has 0 saturated heterocycles. The normalized spacial score (nSPS) is 18.6. The Morgan fingerprint density at radius 1 is 1.32 bits per heavy atom. The van der Waals surface area contributed by atoms with Gasteiger partial charge in [-0.2, -0.15) is 0 Å². The molecule has 1 aliphatic rings. The molecule has 0 radical (unpaired) electrons. The lowest BCUT2D eigenvalue weighted by Gasteiger charge is -2.53. The number of rotatable bonds is 6. The average molecular weight is 281 g/mol. The molecular weight excluding hydrogens is 248 g/mol. The van der Waals surface area contributed by atoms with E-state index in [1.165, 1.54) is 35.3 Å². The van der Waals surface area contributed by atoms with Crippen molar-refractivity contribution in [3.63, 3.8) is 0 Å². The zero-order chi connectivity index (χ0) is 14.7. The highest BCUT2D eigenvalue weighted by atomic mass is 32.3. The highest BCUT2D eigenvalue weighted by Gasteiger charge is 2.33. The zero-order valence-corrected chi connectivity index (χ0v) is 14.6. The summed E-state index contributed by atoms with van der Waals surface area (Å²) < 4.78 is 0. The van der Waals surface area contributed by atoms with Crippen LogP contribution >= 0.6 is 9.16 Å². The smallest absolute Gasteiger partial charge is 0.00755 e. The highest BCUT2D eigenvalue weighted by Crippen LogP contribution is 2.70. The second-order valence-electron chi connectivity index (χ2n) is 7.09. The zero-order valence-electron chi connectivity index (χ0n) is 13.7. The molecule has 0 heterocycles. The molecule has 110 valence electrons. The number of allylic oxidation sites excluding steroid dienone is 6. The van der Waals surface area contributed by atoms with Crippen LogP contribution in [0.4, 0.5) is 0 Å². The van der Waals surface area contributed by atoms with Crippen molar-refractivity contribution in [2.75, 3.05) is 24.5 Å². The van der Waals surface area contributed by atoms with Crippen LogP contribution in [0.2, 0.25) is 0 Å². The van der Waals surface area contributed by atoms with Crippen molar-refractivity contribution in [1.29, 1.82) is 0 Å². The molecule has 0 aromatic carbocycles. The third kappa shape index (κ3) is 3.66. The quantitative estimate of drug-likeness (QED) is 0.611. The van der Waals surface area contributed by atoms with Crippen LogP contribution in [0, 0.1) is 0 Å². The SMILES string of the molecule is C=C(C)C1=C(/C=C\CCC)C([SH](C)(C)(C)CC)=CC1.